The predicted molar refractivity (Wildman–Crippen MR) is 287 cm³/mol. The number of piperidine rings is 2. The lowest BCUT2D eigenvalue weighted by atomic mass is 9.77. The fraction of sp³-hybridized carbons (Fsp3) is 1.00. The van der Waals surface area contributed by atoms with Crippen molar-refractivity contribution in [2.45, 2.75) is 110 Å². The standard InChI is InChI=1S/C8H15NO.C7H14N2.C7H15N.C6H13N.C6H12O.C5H12N2.C5H11NO.C5H11NS.C4H8O/c1-9-4-2-8(3-5-9)6-10-7-8;1-9-6-2-3-7(9)5-8-4-6;1-7-3-2-5-8-6-4-7;1-7-5-3-2-4-6-7;1-6-2-4-7-5-3-6;1-7-4-2-6-3-5-7;2*1-6-2-4-7-5-3-6;1-4-2-5-3-4/h2-7H2,1H3;6-8H,2-5H2,1H3;7-8H,2-6H2,1H3;2-6H2,1H3;2*6H,2-5H2,1H3;2*2-5H2,1H3;4H,2-3H2,1H3/t;;7-;;;;;;/m..1....../s1. The van der Waals surface area contributed by atoms with Crippen LogP contribution in [0.4, 0.5) is 0 Å². The Bertz CT molecular complexity index is 989. The number of likely N-dealkylation sites (tertiary alicyclic amines) is 2. The molecule has 0 amide bonds. The quantitative estimate of drug-likeness (QED) is 0.286. The molecule has 2 unspecified atom stereocenters. The Morgan fingerprint density at radius 3 is 1.28 bits per heavy atom. The van der Waals surface area contributed by atoms with Crippen LogP contribution in [0, 0.1) is 23.2 Å². The molecule has 67 heavy (non-hydrogen) atoms. The van der Waals surface area contributed by atoms with Crippen LogP contribution in [-0.2, 0) is 18.9 Å². The number of likely N-dealkylation sites (N-methyl/N-ethyl adjacent to an activating group) is 3. The van der Waals surface area contributed by atoms with E-state index in [1.165, 1.54) is 167 Å². The smallest absolute Gasteiger partial charge is 0.0594 e. The van der Waals surface area contributed by atoms with Crippen LogP contribution in [0.5, 0.6) is 0 Å². The highest BCUT2D eigenvalue weighted by Crippen LogP contribution is 2.37. The van der Waals surface area contributed by atoms with Gasteiger partial charge in [0.2, 0.25) is 0 Å². The molecule has 0 aliphatic carbocycles. The van der Waals surface area contributed by atoms with Crippen molar-refractivity contribution < 1.29 is 18.9 Å². The number of hydrogen-bond acceptors (Lipinski definition) is 14. The summed E-state index contributed by atoms with van der Waals surface area (Å²) in [7, 11) is 13.1. The van der Waals surface area contributed by atoms with Crippen LogP contribution in [-0.4, -0.2) is 253 Å². The predicted octanol–water partition coefficient (Wildman–Crippen LogP) is 5.50. The molecule has 14 heteroatoms. The molecule has 0 aromatic rings. The maximum atomic E-state index is 5.23. The average molecular weight is 971 g/mol. The molecule has 11 saturated heterocycles. The summed E-state index contributed by atoms with van der Waals surface area (Å²) in [6.45, 7) is 34.2. The summed E-state index contributed by atoms with van der Waals surface area (Å²) in [5.74, 6) is 5.38. The molecule has 0 aromatic heterocycles. The fourth-order valence-corrected chi connectivity index (χ4v) is 10.4. The molecule has 0 radical (unpaired) electrons. The van der Waals surface area contributed by atoms with Crippen LogP contribution in [0.1, 0.15) is 97.8 Å². The van der Waals surface area contributed by atoms with Crippen molar-refractivity contribution in [1.82, 2.24) is 45.3 Å². The van der Waals surface area contributed by atoms with E-state index in [0.717, 1.165) is 109 Å². The van der Waals surface area contributed by atoms with Gasteiger partial charge in [-0.3, -0.25) is 4.90 Å². The zero-order chi connectivity index (χ0) is 48.4. The highest BCUT2D eigenvalue weighted by Gasteiger charge is 2.40. The summed E-state index contributed by atoms with van der Waals surface area (Å²) in [5, 5.41) is 10.1. The first kappa shape index (κ1) is 61.1. The summed E-state index contributed by atoms with van der Waals surface area (Å²) in [5.41, 5.74) is 0.618. The molecule has 13 nitrogen and oxygen atoms in total. The molecule has 398 valence electrons. The van der Waals surface area contributed by atoms with Gasteiger partial charge in [0.25, 0.3) is 0 Å². The summed E-state index contributed by atoms with van der Waals surface area (Å²) in [4.78, 5) is 14.3. The lowest BCUT2D eigenvalue weighted by Gasteiger charge is -2.46. The largest absolute Gasteiger partial charge is 0.381 e. The minimum absolute atomic E-state index is 0.618. The molecule has 11 heterocycles. The monoisotopic (exact) mass is 970 g/mol. The summed E-state index contributed by atoms with van der Waals surface area (Å²) in [6, 6.07) is 1.70. The van der Waals surface area contributed by atoms with Gasteiger partial charge in [-0.25, -0.2) is 0 Å². The van der Waals surface area contributed by atoms with Crippen molar-refractivity contribution in [3.05, 3.63) is 0 Å². The molecule has 0 aromatic carbocycles. The molecule has 3 atom stereocenters. The Hall–Kier alpha value is -0.170. The van der Waals surface area contributed by atoms with Gasteiger partial charge >= 0.3 is 0 Å². The van der Waals surface area contributed by atoms with Crippen LogP contribution in [0.2, 0.25) is 0 Å². The van der Waals surface area contributed by atoms with Crippen molar-refractivity contribution in [2.24, 2.45) is 23.2 Å². The molecule has 2 bridgehead atoms. The third-order valence-corrected chi connectivity index (χ3v) is 16.1. The highest BCUT2D eigenvalue weighted by atomic mass is 32.2. The van der Waals surface area contributed by atoms with Gasteiger partial charge in [0, 0.05) is 114 Å². The Labute approximate surface area is 418 Å². The lowest BCUT2D eigenvalue weighted by molar-refractivity contribution is -0.137. The van der Waals surface area contributed by atoms with Gasteiger partial charge in [-0.05, 0) is 164 Å². The number of rotatable bonds is 0. The second kappa shape index (κ2) is 38.4. The Kier molecular flexibility index (Phi) is 35.1. The van der Waals surface area contributed by atoms with Crippen LogP contribution < -0.4 is 16.0 Å². The fourth-order valence-electron chi connectivity index (χ4n) is 9.27. The average Bonchev–Trinajstić information content (AvgIpc) is 3.50. The number of nitrogens with one attached hydrogen (secondary N) is 3. The first-order valence-electron chi connectivity index (χ1n) is 27.6. The van der Waals surface area contributed by atoms with Crippen molar-refractivity contribution in [1.29, 1.82) is 0 Å². The Morgan fingerprint density at radius 1 is 0.418 bits per heavy atom. The molecular formula is C53H111N9O4S. The molecule has 11 aliphatic heterocycles. The third-order valence-electron chi connectivity index (χ3n) is 15.2. The number of morpholine rings is 1. The second-order valence-electron chi connectivity index (χ2n) is 22.0. The third kappa shape index (κ3) is 30.5. The molecule has 11 rings (SSSR count). The summed E-state index contributed by atoms with van der Waals surface area (Å²) < 4.78 is 20.3. The van der Waals surface area contributed by atoms with E-state index in [9.17, 15) is 0 Å². The van der Waals surface area contributed by atoms with Gasteiger partial charge in [0.1, 0.15) is 0 Å². The molecule has 1 spiro atoms. The Morgan fingerprint density at radius 2 is 0.910 bits per heavy atom. The van der Waals surface area contributed by atoms with E-state index < -0.39 is 0 Å². The van der Waals surface area contributed by atoms with E-state index in [1.54, 1.807) is 0 Å². The van der Waals surface area contributed by atoms with Crippen molar-refractivity contribution in [2.75, 3.05) is 211 Å². The SMILES string of the molecule is CC1CCOCC1.CC1COC1.CN1C2CCC1CNC2.CN1CCC2(CC1)COC2.CN1CCCCC1.CN1CCNCC1.CN1CCOCC1.CN1CCSCC1.C[C@@H]1CCCNCC1. The van der Waals surface area contributed by atoms with E-state index >= 15 is 0 Å². The maximum Gasteiger partial charge on any atom is 0.0594 e. The van der Waals surface area contributed by atoms with E-state index in [2.05, 4.69) is 120 Å². The van der Waals surface area contributed by atoms with E-state index in [0.29, 0.717) is 5.41 Å². The van der Waals surface area contributed by atoms with Gasteiger partial charge < -0.3 is 59.4 Å². The van der Waals surface area contributed by atoms with Gasteiger partial charge in [-0.2, -0.15) is 11.8 Å². The second-order valence-corrected chi connectivity index (χ2v) is 23.2. The number of piperazine rings is 2. The first-order valence-corrected chi connectivity index (χ1v) is 28.8. The minimum atomic E-state index is 0.618. The van der Waals surface area contributed by atoms with Crippen molar-refractivity contribution >= 4 is 11.8 Å². The van der Waals surface area contributed by atoms with Crippen LogP contribution >= 0.6 is 11.8 Å². The van der Waals surface area contributed by atoms with E-state index in [4.69, 9.17) is 18.9 Å². The normalized spacial score (nSPS) is 29.6. The van der Waals surface area contributed by atoms with Crippen molar-refractivity contribution in [3.63, 3.8) is 0 Å². The number of ether oxygens (including phenoxy) is 4. The van der Waals surface area contributed by atoms with Gasteiger partial charge in [-0.1, -0.05) is 27.2 Å². The van der Waals surface area contributed by atoms with Crippen LogP contribution in [0.25, 0.3) is 0 Å². The Balaban J connectivity index is 0.000000201. The maximum absolute atomic E-state index is 5.23. The van der Waals surface area contributed by atoms with Crippen LogP contribution in [0.3, 0.4) is 0 Å². The molecule has 3 N–H and O–H groups in total. The lowest BCUT2D eigenvalue weighted by Crippen LogP contribution is -2.49. The molecule has 11 fully saturated rings. The van der Waals surface area contributed by atoms with E-state index in [-0.39, 0.29) is 0 Å². The van der Waals surface area contributed by atoms with Gasteiger partial charge in [-0.15, -0.1) is 0 Å². The minimum Gasteiger partial charge on any atom is -0.381 e. The van der Waals surface area contributed by atoms with Gasteiger partial charge in [0.15, 0.2) is 0 Å². The number of thioether (sulfide) groups is 1. The summed E-state index contributed by atoms with van der Waals surface area (Å²) in [6.07, 6.45) is 16.5. The zero-order valence-electron chi connectivity index (χ0n) is 45.5. The highest BCUT2D eigenvalue weighted by molar-refractivity contribution is 7.99. The molecule has 0 saturated carbocycles. The van der Waals surface area contributed by atoms with Gasteiger partial charge in [0.05, 0.1) is 39.6 Å². The van der Waals surface area contributed by atoms with Crippen LogP contribution in [0.15, 0.2) is 0 Å². The zero-order valence-corrected chi connectivity index (χ0v) is 46.3. The molecular weight excluding hydrogens is 859 g/mol. The van der Waals surface area contributed by atoms with Crippen molar-refractivity contribution in [3.8, 4) is 0 Å². The summed E-state index contributed by atoms with van der Waals surface area (Å²) >= 11 is 2.06. The topological polar surface area (TPSA) is 92.5 Å². The number of fused-ring (bicyclic) bond motifs is 2. The number of nitrogens with zero attached hydrogens (tertiary/aromatic N) is 6. The number of hydrogen-bond donors (Lipinski definition) is 3. The van der Waals surface area contributed by atoms with E-state index in [1.807, 2.05) is 0 Å². The molecule has 11 aliphatic rings. The first-order chi connectivity index (χ1) is 32.4.